The average Bonchev–Trinajstić information content (AvgIpc) is 3.48. The van der Waals surface area contributed by atoms with Gasteiger partial charge in [-0.25, -0.2) is 0 Å². The van der Waals surface area contributed by atoms with Crippen LogP contribution in [-0.4, -0.2) is 16.1 Å². The molecular formula is C59H66N2Si2. The summed E-state index contributed by atoms with van der Waals surface area (Å²) in [5.41, 5.74) is 14.6. The van der Waals surface area contributed by atoms with E-state index in [1.165, 1.54) is 60.8 Å². The molecular weight excluding hydrogens is 793 g/mol. The van der Waals surface area contributed by atoms with Gasteiger partial charge in [-0.3, -0.25) is 0 Å². The van der Waals surface area contributed by atoms with E-state index in [2.05, 4.69) is 273 Å². The molecule has 0 atom stereocenters. The van der Waals surface area contributed by atoms with Crippen molar-refractivity contribution in [2.75, 3.05) is 9.80 Å². The minimum absolute atomic E-state index is 0.162. The molecule has 7 aromatic rings. The number of anilines is 6. The minimum Gasteiger partial charge on any atom is -0.311 e. The first-order valence-corrected chi connectivity index (χ1v) is 28.8. The van der Waals surface area contributed by atoms with Crippen molar-refractivity contribution in [2.45, 2.75) is 97.1 Å². The van der Waals surface area contributed by atoms with Gasteiger partial charge in [0, 0.05) is 39.5 Å². The van der Waals surface area contributed by atoms with Gasteiger partial charge in [-0.2, -0.15) is 0 Å². The Labute approximate surface area is 381 Å². The number of fused-ring (bicyclic) bond motifs is 3. The highest BCUT2D eigenvalue weighted by Gasteiger charge is 2.39. The van der Waals surface area contributed by atoms with Crippen molar-refractivity contribution in [1.82, 2.24) is 0 Å². The average molecular weight is 859 g/mol. The van der Waals surface area contributed by atoms with Crippen LogP contribution in [-0.2, 0) is 5.41 Å². The Morgan fingerprint density at radius 1 is 0.381 bits per heavy atom. The van der Waals surface area contributed by atoms with Crippen LogP contribution >= 0.6 is 0 Å². The molecule has 1 aliphatic rings. The SMILES string of the molecule is CC1(C)c2cc(C=Cc3ccc(N(c4ccccc4)c4ccc([Si](C)(C)C(C)(C)C)cc4)cc3)ccc2-c2ccc(N(c3ccccc3)c3ccc([Si](C)(C)C(C)(C)C)cc3)cc21. The molecule has 7 aromatic carbocycles. The van der Waals surface area contributed by atoms with Crippen molar-refractivity contribution in [3.8, 4) is 11.1 Å². The van der Waals surface area contributed by atoms with E-state index in [9.17, 15) is 0 Å². The molecule has 320 valence electrons. The second-order valence-electron chi connectivity index (χ2n) is 21.3. The van der Waals surface area contributed by atoms with Crippen LogP contribution in [0.1, 0.15) is 77.6 Å². The molecule has 0 unspecified atom stereocenters. The summed E-state index contributed by atoms with van der Waals surface area (Å²) in [7, 11) is -3.30. The predicted octanol–water partition coefficient (Wildman–Crippen LogP) is 16.5. The van der Waals surface area contributed by atoms with E-state index in [0.717, 1.165) is 17.1 Å². The Hall–Kier alpha value is -5.69. The fourth-order valence-corrected chi connectivity index (χ4v) is 12.6. The number of para-hydroxylation sites is 2. The third-order valence-electron chi connectivity index (χ3n) is 15.0. The van der Waals surface area contributed by atoms with Gasteiger partial charge in [0.1, 0.15) is 0 Å². The molecule has 0 fully saturated rings. The van der Waals surface area contributed by atoms with Crippen molar-refractivity contribution in [1.29, 1.82) is 0 Å². The number of hydrogen-bond acceptors (Lipinski definition) is 2. The summed E-state index contributed by atoms with van der Waals surface area (Å²) in [5.74, 6) is 0. The van der Waals surface area contributed by atoms with E-state index in [0.29, 0.717) is 0 Å². The van der Waals surface area contributed by atoms with Gasteiger partial charge in [0.2, 0.25) is 0 Å². The van der Waals surface area contributed by atoms with Crippen LogP contribution in [0.15, 0.2) is 170 Å². The van der Waals surface area contributed by atoms with Gasteiger partial charge < -0.3 is 9.80 Å². The molecule has 0 aliphatic heterocycles. The summed E-state index contributed by atoms with van der Waals surface area (Å²) in [6.07, 6.45) is 4.51. The third-order valence-corrected chi connectivity index (χ3v) is 26.1. The van der Waals surface area contributed by atoms with Gasteiger partial charge in [0.25, 0.3) is 0 Å². The van der Waals surface area contributed by atoms with Crippen LogP contribution in [0.4, 0.5) is 34.1 Å². The second-order valence-corrected chi connectivity index (χ2v) is 31.9. The molecule has 0 radical (unpaired) electrons. The summed E-state index contributed by atoms with van der Waals surface area (Å²) in [6.45, 7) is 29.0. The van der Waals surface area contributed by atoms with E-state index >= 15 is 0 Å². The molecule has 4 heteroatoms. The number of hydrogen-bond donors (Lipinski definition) is 0. The maximum Gasteiger partial charge on any atom is 0.0859 e. The first kappa shape index (κ1) is 43.9. The van der Waals surface area contributed by atoms with Crippen LogP contribution in [0.2, 0.25) is 36.3 Å². The fourth-order valence-electron chi connectivity index (χ4n) is 8.88. The number of benzene rings is 7. The van der Waals surface area contributed by atoms with Crippen molar-refractivity contribution < 1.29 is 0 Å². The minimum atomic E-state index is -1.66. The summed E-state index contributed by atoms with van der Waals surface area (Å²) in [4.78, 5) is 4.78. The molecule has 0 saturated carbocycles. The topological polar surface area (TPSA) is 6.48 Å². The van der Waals surface area contributed by atoms with E-state index in [1.54, 1.807) is 0 Å². The first-order chi connectivity index (χ1) is 29.8. The maximum absolute atomic E-state index is 2.49. The molecule has 0 saturated heterocycles. The highest BCUT2D eigenvalue weighted by Crippen LogP contribution is 2.51. The zero-order chi connectivity index (χ0) is 45.0. The van der Waals surface area contributed by atoms with Crippen LogP contribution < -0.4 is 20.2 Å². The lowest BCUT2D eigenvalue weighted by molar-refractivity contribution is 0.660. The molecule has 0 amide bonds. The van der Waals surface area contributed by atoms with E-state index in [1.807, 2.05) is 0 Å². The van der Waals surface area contributed by atoms with Crippen LogP contribution in [0, 0.1) is 0 Å². The summed E-state index contributed by atoms with van der Waals surface area (Å²) in [5, 5.41) is 3.54. The van der Waals surface area contributed by atoms with Gasteiger partial charge in [0.15, 0.2) is 0 Å². The van der Waals surface area contributed by atoms with Gasteiger partial charge in [-0.1, -0.05) is 201 Å². The zero-order valence-corrected chi connectivity index (χ0v) is 41.7. The van der Waals surface area contributed by atoms with Crippen LogP contribution in [0.3, 0.4) is 0 Å². The molecule has 2 nitrogen and oxygen atoms in total. The molecule has 63 heavy (non-hydrogen) atoms. The van der Waals surface area contributed by atoms with E-state index < -0.39 is 16.1 Å². The third kappa shape index (κ3) is 8.32. The van der Waals surface area contributed by atoms with Crippen molar-refractivity contribution in [3.63, 3.8) is 0 Å². The largest absolute Gasteiger partial charge is 0.311 e. The second kappa shape index (κ2) is 16.5. The molecule has 0 heterocycles. The summed E-state index contributed by atoms with van der Waals surface area (Å²) < 4.78 is 0. The lowest BCUT2D eigenvalue weighted by Crippen LogP contribution is -2.49. The predicted molar refractivity (Wildman–Crippen MR) is 282 cm³/mol. The molecule has 0 bridgehead atoms. The molecule has 1 aliphatic carbocycles. The van der Waals surface area contributed by atoms with Crippen molar-refractivity contribution in [2.24, 2.45) is 0 Å². The normalized spacial score (nSPS) is 13.8. The monoisotopic (exact) mass is 858 g/mol. The van der Waals surface area contributed by atoms with E-state index in [4.69, 9.17) is 0 Å². The van der Waals surface area contributed by atoms with E-state index in [-0.39, 0.29) is 15.5 Å². The quantitative estimate of drug-likeness (QED) is 0.0999. The lowest BCUT2D eigenvalue weighted by atomic mass is 9.81. The maximum atomic E-state index is 2.49. The summed E-state index contributed by atoms with van der Waals surface area (Å²) >= 11 is 0. The van der Waals surface area contributed by atoms with Gasteiger partial charge in [0.05, 0.1) is 16.1 Å². The molecule has 0 spiro atoms. The fraction of sp³-hybridized carbons (Fsp3) is 0.254. The van der Waals surface area contributed by atoms with Crippen molar-refractivity contribution in [3.05, 3.63) is 192 Å². The van der Waals surface area contributed by atoms with Crippen molar-refractivity contribution >= 4 is 72.8 Å². The van der Waals surface area contributed by atoms with Crippen LogP contribution in [0.5, 0.6) is 0 Å². The first-order valence-electron chi connectivity index (χ1n) is 22.8. The standard InChI is InChI=1S/C59H66N2Si2/c1-57(2,3)62(9,10)51-35-30-48(31-36-51)60(45-19-15-13-16-20-45)47-28-25-43(26-29-47)23-24-44-27-39-53-54-40-34-50(42-56(54)59(7,8)55(53)41-44)61(46-21-17-14-18-22-46)49-32-37-52(38-33-49)63(11,12)58(4,5)6/h13-42H,1-12H3. The highest BCUT2D eigenvalue weighted by molar-refractivity contribution is 6.92. The Kier molecular flexibility index (Phi) is 11.5. The Morgan fingerprint density at radius 2 is 0.714 bits per heavy atom. The Morgan fingerprint density at radius 3 is 1.16 bits per heavy atom. The molecule has 0 aromatic heterocycles. The molecule has 0 N–H and O–H groups in total. The highest BCUT2D eigenvalue weighted by atomic mass is 28.3. The van der Waals surface area contributed by atoms with Gasteiger partial charge >= 0.3 is 0 Å². The van der Waals surface area contributed by atoms with Crippen LogP contribution in [0.25, 0.3) is 23.3 Å². The zero-order valence-electron chi connectivity index (χ0n) is 39.7. The Bertz CT molecular complexity index is 2730. The van der Waals surface area contributed by atoms with Gasteiger partial charge in [-0.05, 0) is 116 Å². The number of nitrogens with zero attached hydrogens (tertiary/aromatic N) is 2. The Balaban J connectivity index is 1.05. The lowest BCUT2D eigenvalue weighted by Gasteiger charge is -2.37. The molecule has 8 rings (SSSR count). The number of rotatable bonds is 10. The smallest absolute Gasteiger partial charge is 0.0859 e. The summed E-state index contributed by atoms with van der Waals surface area (Å²) in [6, 6.07) is 63.3. The van der Waals surface area contributed by atoms with Gasteiger partial charge in [-0.15, -0.1) is 0 Å².